The summed E-state index contributed by atoms with van der Waals surface area (Å²) in [5, 5.41) is 3.75. The first-order valence-corrected chi connectivity index (χ1v) is 9.02. The van der Waals surface area contributed by atoms with E-state index < -0.39 is 0 Å². The normalized spacial score (nSPS) is 22.0. The van der Waals surface area contributed by atoms with E-state index in [0.29, 0.717) is 11.6 Å². The number of ether oxygens (including phenoxy) is 1. The molecule has 3 nitrogen and oxygen atoms in total. The van der Waals surface area contributed by atoms with Crippen LogP contribution in [0.1, 0.15) is 58.6 Å². The highest BCUT2D eigenvalue weighted by atomic mass is 16.5. The number of nitrogens with zero attached hydrogens (tertiary/aromatic N) is 1. The number of piperidine rings is 1. The molecule has 128 valence electrons. The summed E-state index contributed by atoms with van der Waals surface area (Å²) < 4.78 is 5.96. The zero-order chi connectivity index (χ0) is 16.7. The Labute approximate surface area is 141 Å². The number of rotatable bonds is 3. The van der Waals surface area contributed by atoms with Gasteiger partial charge in [0.2, 0.25) is 0 Å². The van der Waals surface area contributed by atoms with Gasteiger partial charge in [-0.15, -0.1) is 0 Å². The number of benzene rings is 1. The molecule has 2 aliphatic heterocycles. The molecule has 1 saturated heterocycles. The SMILES string of the molecule is CC1(C)Cc2cc(CNC3CCN(C(C)(C)C)CC3)ccc2O1. The summed E-state index contributed by atoms with van der Waals surface area (Å²) in [6, 6.07) is 7.32. The van der Waals surface area contributed by atoms with E-state index in [4.69, 9.17) is 4.74 Å². The van der Waals surface area contributed by atoms with Crippen molar-refractivity contribution < 1.29 is 4.74 Å². The summed E-state index contributed by atoms with van der Waals surface area (Å²) >= 11 is 0. The van der Waals surface area contributed by atoms with E-state index in [1.807, 2.05) is 0 Å². The molecule has 0 radical (unpaired) electrons. The fraction of sp³-hybridized carbons (Fsp3) is 0.700. The van der Waals surface area contributed by atoms with Crippen LogP contribution in [-0.4, -0.2) is 35.2 Å². The molecule has 0 atom stereocenters. The molecule has 0 saturated carbocycles. The highest BCUT2D eigenvalue weighted by Gasteiger charge is 2.30. The molecule has 0 amide bonds. The summed E-state index contributed by atoms with van der Waals surface area (Å²) in [7, 11) is 0. The van der Waals surface area contributed by atoms with Gasteiger partial charge in [-0.25, -0.2) is 0 Å². The van der Waals surface area contributed by atoms with Crippen molar-refractivity contribution >= 4 is 0 Å². The zero-order valence-corrected chi connectivity index (χ0v) is 15.4. The van der Waals surface area contributed by atoms with Crippen LogP contribution in [0.5, 0.6) is 5.75 Å². The lowest BCUT2D eigenvalue weighted by Crippen LogP contribution is -2.49. The molecular formula is C20H32N2O. The molecule has 3 rings (SSSR count). The maximum absolute atomic E-state index is 5.96. The maximum atomic E-state index is 5.96. The monoisotopic (exact) mass is 316 g/mol. The van der Waals surface area contributed by atoms with Crippen LogP contribution in [0.4, 0.5) is 0 Å². The topological polar surface area (TPSA) is 24.5 Å². The summed E-state index contributed by atoms with van der Waals surface area (Å²) in [5.74, 6) is 1.07. The molecule has 0 spiro atoms. The van der Waals surface area contributed by atoms with Gasteiger partial charge in [-0.2, -0.15) is 0 Å². The van der Waals surface area contributed by atoms with E-state index >= 15 is 0 Å². The largest absolute Gasteiger partial charge is 0.487 e. The van der Waals surface area contributed by atoms with E-state index in [1.165, 1.54) is 37.1 Å². The van der Waals surface area contributed by atoms with Gasteiger partial charge in [-0.1, -0.05) is 12.1 Å². The molecule has 1 aromatic carbocycles. The van der Waals surface area contributed by atoms with Gasteiger partial charge in [0.05, 0.1) is 0 Å². The Balaban J connectivity index is 1.51. The number of fused-ring (bicyclic) bond motifs is 1. The fourth-order valence-corrected chi connectivity index (χ4v) is 3.79. The van der Waals surface area contributed by atoms with E-state index in [9.17, 15) is 0 Å². The Morgan fingerprint density at radius 3 is 2.57 bits per heavy atom. The van der Waals surface area contributed by atoms with E-state index in [0.717, 1.165) is 18.7 Å². The minimum atomic E-state index is -0.0475. The molecular weight excluding hydrogens is 284 g/mol. The molecule has 2 aliphatic rings. The minimum Gasteiger partial charge on any atom is -0.487 e. The third-order valence-corrected chi connectivity index (χ3v) is 5.17. The van der Waals surface area contributed by atoms with Gasteiger partial charge in [0.1, 0.15) is 11.4 Å². The molecule has 23 heavy (non-hydrogen) atoms. The van der Waals surface area contributed by atoms with Crippen LogP contribution in [0, 0.1) is 0 Å². The van der Waals surface area contributed by atoms with Crippen molar-refractivity contribution in [1.82, 2.24) is 10.2 Å². The molecule has 1 fully saturated rings. The lowest BCUT2D eigenvalue weighted by atomic mass is 9.97. The molecule has 1 N–H and O–H groups in total. The molecule has 0 aromatic heterocycles. The van der Waals surface area contributed by atoms with E-state index in [1.54, 1.807) is 0 Å². The van der Waals surface area contributed by atoms with E-state index in [-0.39, 0.29) is 5.60 Å². The average molecular weight is 316 g/mol. The third-order valence-electron chi connectivity index (χ3n) is 5.17. The van der Waals surface area contributed by atoms with Gasteiger partial charge >= 0.3 is 0 Å². The first kappa shape index (κ1) is 16.8. The Hall–Kier alpha value is -1.06. The van der Waals surface area contributed by atoms with Crippen LogP contribution in [-0.2, 0) is 13.0 Å². The summed E-state index contributed by atoms with van der Waals surface area (Å²) in [6.07, 6.45) is 3.51. The Morgan fingerprint density at radius 2 is 1.91 bits per heavy atom. The number of hydrogen-bond donors (Lipinski definition) is 1. The molecule has 0 bridgehead atoms. The maximum Gasteiger partial charge on any atom is 0.123 e. The van der Waals surface area contributed by atoms with Crippen LogP contribution in [0.3, 0.4) is 0 Å². The quantitative estimate of drug-likeness (QED) is 0.919. The van der Waals surface area contributed by atoms with Crippen molar-refractivity contribution in [3.8, 4) is 5.75 Å². The van der Waals surface area contributed by atoms with Crippen LogP contribution in [0.2, 0.25) is 0 Å². The predicted molar refractivity (Wildman–Crippen MR) is 96.0 cm³/mol. The van der Waals surface area contributed by atoms with Crippen molar-refractivity contribution in [2.75, 3.05) is 13.1 Å². The Kier molecular flexibility index (Phi) is 4.45. The van der Waals surface area contributed by atoms with Gasteiger partial charge in [0.15, 0.2) is 0 Å². The second kappa shape index (κ2) is 6.10. The van der Waals surface area contributed by atoms with Gasteiger partial charge < -0.3 is 10.1 Å². The average Bonchev–Trinajstić information content (AvgIpc) is 2.77. The van der Waals surface area contributed by atoms with Crippen molar-refractivity contribution in [2.45, 2.75) is 77.6 Å². The standard InChI is InChI=1S/C20H32N2O/c1-19(2,3)22-10-8-17(9-11-22)21-14-15-6-7-18-16(12-15)13-20(4,5)23-18/h6-7,12,17,21H,8-11,13-14H2,1-5H3. The summed E-state index contributed by atoms with van der Waals surface area (Å²) in [4.78, 5) is 2.60. The fourth-order valence-electron chi connectivity index (χ4n) is 3.79. The van der Waals surface area contributed by atoms with Gasteiger partial charge in [-0.05, 0) is 64.7 Å². The zero-order valence-electron chi connectivity index (χ0n) is 15.4. The first-order chi connectivity index (χ1) is 10.7. The number of likely N-dealkylation sites (tertiary alicyclic amines) is 1. The Morgan fingerprint density at radius 1 is 1.22 bits per heavy atom. The van der Waals surface area contributed by atoms with Gasteiger partial charge in [0, 0.05) is 37.6 Å². The second-order valence-electron chi connectivity index (χ2n) is 8.79. The highest BCUT2D eigenvalue weighted by molar-refractivity contribution is 5.41. The van der Waals surface area contributed by atoms with Crippen molar-refractivity contribution in [3.05, 3.63) is 29.3 Å². The smallest absolute Gasteiger partial charge is 0.123 e. The lowest BCUT2D eigenvalue weighted by molar-refractivity contribution is 0.0960. The number of hydrogen-bond acceptors (Lipinski definition) is 3. The van der Waals surface area contributed by atoms with Crippen LogP contribution >= 0.6 is 0 Å². The van der Waals surface area contributed by atoms with Crippen LogP contribution < -0.4 is 10.1 Å². The van der Waals surface area contributed by atoms with Crippen molar-refractivity contribution in [1.29, 1.82) is 0 Å². The van der Waals surface area contributed by atoms with Gasteiger partial charge in [0.25, 0.3) is 0 Å². The molecule has 2 heterocycles. The van der Waals surface area contributed by atoms with Gasteiger partial charge in [-0.3, -0.25) is 4.90 Å². The van der Waals surface area contributed by atoms with Crippen LogP contribution in [0.15, 0.2) is 18.2 Å². The molecule has 3 heteroatoms. The minimum absolute atomic E-state index is 0.0475. The summed E-state index contributed by atoms with van der Waals surface area (Å²) in [6.45, 7) is 14.6. The molecule has 1 aromatic rings. The second-order valence-corrected chi connectivity index (χ2v) is 8.79. The lowest BCUT2D eigenvalue weighted by Gasteiger charge is -2.41. The third kappa shape index (κ3) is 4.07. The number of nitrogens with one attached hydrogen (secondary N) is 1. The first-order valence-electron chi connectivity index (χ1n) is 9.02. The Bertz CT molecular complexity index is 551. The van der Waals surface area contributed by atoms with Crippen molar-refractivity contribution in [3.63, 3.8) is 0 Å². The molecule has 0 unspecified atom stereocenters. The molecule has 0 aliphatic carbocycles. The highest BCUT2D eigenvalue weighted by Crippen LogP contribution is 2.35. The summed E-state index contributed by atoms with van der Waals surface area (Å²) in [5.41, 5.74) is 2.99. The van der Waals surface area contributed by atoms with Crippen LogP contribution in [0.25, 0.3) is 0 Å². The predicted octanol–water partition coefficient (Wildman–Crippen LogP) is 3.75. The van der Waals surface area contributed by atoms with E-state index in [2.05, 4.69) is 63.0 Å². The van der Waals surface area contributed by atoms with Crippen molar-refractivity contribution in [2.24, 2.45) is 0 Å².